The Labute approximate surface area is 97.7 Å². The SMILES string of the molecule is CCNc1nccn1CC1CCCN(C)C1. The molecule has 1 N–H and O–H groups in total. The number of hydrogen-bond acceptors (Lipinski definition) is 3. The normalized spacial score (nSPS) is 22.2. The highest BCUT2D eigenvalue weighted by molar-refractivity contribution is 5.25. The number of likely N-dealkylation sites (tertiary alicyclic amines) is 1. The summed E-state index contributed by atoms with van der Waals surface area (Å²) in [4.78, 5) is 6.76. The summed E-state index contributed by atoms with van der Waals surface area (Å²) in [7, 11) is 2.21. The van der Waals surface area contributed by atoms with Crippen LogP contribution in [-0.2, 0) is 6.54 Å². The first kappa shape index (κ1) is 11.5. The van der Waals surface area contributed by atoms with E-state index in [2.05, 4.69) is 39.9 Å². The maximum Gasteiger partial charge on any atom is 0.202 e. The smallest absolute Gasteiger partial charge is 0.202 e. The zero-order valence-electron chi connectivity index (χ0n) is 10.3. The number of piperidine rings is 1. The minimum absolute atomic E-state index is 0.769. The van der Waals surface area contributed by atoms with Gasteiger partial charge in [0.05, 0.1) is 0 Å². The van der Waals surface area contributed by atoms with Gasteiger partial charge in [0.15, 0.2) is 0 Å². The van der Waals surface area contributed by atoms with Gasteiger partial charge in [0.25, 0.3) is 0 Å². The maximum atomic E-state index is 4.33. The fourth-order valence-electron chi connectivity index (χ4n) is 2.48. The van der Waals surface area contributed by atoms with Gasteiger partial charge in [-0.1, -0.05) is 0 Å². The molecule has 0 bridgehead atoms. The molecule has 1 fully saturated rings. The second kappa shape index (κ2) is 5.34. The van der Waals surface area contributed by atoms with Crippen LogP contribution in [0.2, 0.25) is 0 Å². The fourth-order valence-corrected chi connectivity index (χ4v) is 2.48. The molecule has 1 aromatic rings. The lowest BCUT2D eigenvalue weighted by Gasteiger charge is -2.30. The third-order valence-electron chi connectivity index (χ3n) is 3.23. The van der Waals surface area contributed by atoms with Gasteiger partial charge < -0.3 is 14.8 Å². The first-order valence-electron chi connectivity index (χ1n) is 6.23. The summed E-state index contributed by atoms with van der Waals surface area (Å²) in [6.45, 7) is 6.59. The highest BCUT2D eigenvalue weighted by Gasteiger charge is 2.18. The molecule has 90 valence electrons. The molecule has 0 saturated carbocycles. The molecular weight excluding hydrogens is 200 g/mol. The topological polar surface area (TPSA) is 33.1 Å². The predicted octanol–water partition coefficient (Wildman–Crippen LogP) is 1.66. The summed E-state index contributed by atoms with van der Waals surface area (Å²) in [5.41, 5.74) is 0. The molecule has 1 atom stereocenters. The summed E-state index contributed by atoms with van der Waals surface area (Å²) in [5, 5.41) is 3.30. The number of rotatable bonds is 4. The van der Waals surface area contributed by atoms with E-state index in [1.807, 2.05) is 6.20 Å². The maximum absolute atomic E-state index is 4.33. The Balaban J connectivity index is 1.94. The van der Waals surface area contributed by atoms with Crippen molar-refractivity contribution >= 4 is 5.95 Å². The van der Waals surface area contributed by atoms with Gasteiger partial charge in [-0.25, -0.2) is 4.98 Å². The fraction of sp³-hybridized carbons (Fsp3) is 0.750. The third-order valence-corrected chi connectivity index (χ3v) is 3.23. The third kappa shape index (κ3) is 2.76. The zero-order chi connectivity index (χ0) is 11.4. The van der Waals surface area contributed by atoms with Crippen LogP contribution < -0.4 is 5.32 Å². The molecular formula is C12H22N4. The molecule has 4 nitrogen and oxygen atoms in total. The number of nitrogens with zero attached hydrogens (tertiary/aromatic N) is 3. The molecule has 16 heavy (non-hydrogen) atoms. The Morgan fingerprint density at radius 3 is 3.19 bits per heavy atom. The molecule has 2 heterocycles. The monoisotopic (exact) mass is 222 g/mol. The van der Waals surface area contributed by atoms with Gasteiger partial charge in [0.2, 0.25) is 5.95 Å². The van der Waals surface area contributed by atoms with E-state index in [0.29, 0.717) is 0 Å². The molecule has 4 heteroatoms. The van der Waals surface area contributed by atoms with Crippen LogP contribution in [0.1, 0.15) is 19.8 Å². The summed E-state index contributed by atoms with van der Waals surface area (Å²) < 4.78 is 2.24. The summed E-state index contributed by atoms with van der Waals surface area (Å²) in [5.74, 6) is 1.78. The van der Waals surface area contributed by atoms with Crippen LogP contribution in [0.4, 0.5) is 5.95 Å². The number of imidazole rings is 1. The minimum atomic E-state index is 0.769. The molecule has 1 saturated heterocycles. The number of anilines is 1. The molecule has 2 rings (SSSR count). The van der Waals surface area contributed by atoms with E-state index < -0.39 is 0 Å². The lowest BCUT2D eigenvalue weighted by molar-refractivity contribution is 0.195. The predicted molar refractivity (Wildman–Crippen MR) is 66.6 cm³/mol. The molecule has 1 unspecified atom stereocenters. The van der Waals surface area contributed by atoms with Gasteiger partial charge >= 0.3 is 0 Å². The van der Waals surface area contributed by atoms with Crippen molar-refractivity contribution in [3.63, 3.8) is 0 Å². The Morgan fingerprint density at radius 2 is 2.44 bits per heavy atom. The number of nitrogens with one attached hydrogen (secondary N) is 1. The Hall–Kier alpha value is -1.03. The van der Waals surface area contributed by atoms with E-state index in [-0.39, 0.29) is 0 Å². The lowest BCUT2D eigenvalue weighted by atomic mass is 9.98. The van der Waals surface area contributed by atoms with E-state index in [1.54, 1.807) is 0 Å². The summed E-state index contributed by atoms with van der Waals surface area (Å²) >= 11 is 0. The molecule has 1 aliphatic heterocycles. The first-order chi connectivity index (χ1) is 7.79. The minimum Gasteiger partial charge on any atom is -0.356 e. The Kier molecular flexibility index (Phi) is 3.83. The summed E-state index contributed by atoms with van der Waals surface area (Å²) in [6.07, 6.45) is 6.62. The molecule has 0 radical (unpaired) electrons. The number of aromatic nitrogens is 2. The Bertz CT molecular complexity index is 321. The average molecular weight is 222 g/mol. The van der Waals surface area contributed by atoms with Crippen molar-refractivity contribution in [3.8, 4) is 0 Å². The molecule has 1 aromatic heterocycles. The van der Waals surface area contributed by atoms with Crippen molar-refractivity contribution in [2.24, 2.45) is 5.92 Å². The lowest BCUT2D eigenvalue weighted by Crippen LogP contribution is -2.34. The van der Waals surface area contributed by atoms with Crippen LogP contribution in [0, 0.1) is 5.92 Å². The van der Waals surface area contributed by atoms with E-state index in [1.165, 1.54) is 25.9 Å². The average Bonchev–Trinajstić information content (AvgIpc) is 2.66. The molecule has 0 aliphatic carbocycles. The van der Waals surface area contributed by atoms with Crippen LogP contribution >= 0.6 is 0 Å². The van der Waals surface area contributed by atoms with Crippen molar-refractivity contribution in [3.05, 3.63) is 12.4 Å². The van der Waals surface area contributed by atoms with Gasteiger partial charge in [-0.15, -0.1) is 0 Å². The van der Waals surface area contributed by atoms with Gasteiger partial charge in [-0.3, -0.25) is 0 Å². The van der Waals surface area contributed by atoms with Crippen LogP contribution in [0.5, 0.6) is 0 Å². The van der Waals surface area contributed by atoms with Crippen molar-refractivity contribution in [1.29, 1.82) is 0 Å². The van der Waals surface area contributed by atoms with Crippen LogP contribution in [0.15, 0.2) is 12.4 Å². The van der Waals surface area contributed by atoms with E-state index in [9.17, 15) is 0 Å². The van der Waals surface area contributed by atoms with Crippen LogP contribution in [0.25, 0.3) is 0 Å². The van der Waals surface area contributed by atoms with Gasteiger partial charge in [-0.05, 0) is 39.3 Å². The number of hydrogen-bond donors (Lipinski definition) is 1. The highest BCUT2D eigenvalue weighted by Crippen LogP contribution is 2.18. The van der Waals surface area contributed by atoms with Gasteiger partial charge in [0.1, 0.15) is 0 Å². The van der Waals surface area contributed by atoms with Crippen molar-refractivity contribution in [1.82, 2.24) is 14.5 Å². The quantitative estimate of drug-likeness (QED) is 0.841. The van der Waals surface area contributed by atoms with E-state index in [0.717, 1.165) is 25.0 Å². The second-order valence-corrected chi connectivity index (χ2v) is 4.70. The Morgan fingerprint density at radius 1 is 1.56 bits per heavy atom. The van der Waals surface area contributed by atoms with Crippen molar-refractivity contribution in [2.45, 2.75) is 26.3 Å². The van der Waals surface area contributed by atoms with Gasteiger partial charge in [0, 0.05) is 32.0 Å². The first-order valence-corrected chi connectivity index (χ1v) is 6.23. The van der Waals surface area contributed by atoms with E-state index >= 15 is 0 Å². The van der Waals surface area contributed by atoms with Crippen molar-refractivity contribution < 1.29 is 0 Å². The largest absolute Gasteiger partial charge is 0.356 e. The summed E-state index contributed by atoms with van der Waals surface area (Å²) in [6, 6.07) is 0. The molecule has 0 spiro atoms. The van der Waals surface area contributed by atoms with Crippen LogP contribution in [-0.4, -0.2) is 41.1 Å². The highest BCUT2D eigenvalue weighted by atomic mass is 15.2. The van der Waals surface area contributed by atoms with E-state index in [4.69, 9.17) is 0 Å². The van der Waals surface area contributed by atoms with Gasteiger partial charge in [-0.2, -0.15) is 0 Å². The van der Waals surface area contributed by atoms with Crippen molar-refractivity contribution in [2.75, 3.05) is 32.0 Å². The zero-order valence-corrected chi connectivity index (χ0v) is 10.3. The standard InChI is InChI=1S/C12H22N4/c1-3-13-12-14-6-8-16(12)10-11-5-4-7-15(2)9-11/h6,8,11H,3-5,7,9-10H2,1-2H3,(H,13,14). The molecule has 1 aliphatic rings. The second-order valence-electron chi connectivity index (χ2n) is 4.70. The van der Waals surface area contributed by atoms with Crippen LogP contribution in [0.3, 0.4) is 0 Å². The molecule has 0 aromatic carbocycles. The molecule has 0 amide bonds.